The van der Waals surface area contributed by atoms with Gasteiger partial charge in [0.25, 0.3) is 0 Å². The summed E-state index contributed by atoms with van der Waals surface area (Å²) in [4.78, 5) is 0. The molecule has 0 spiro atoms. The van der Waals surface area contributed by atoms with Gasteiger partial charge in [-0.25, -0.2) is 0 Å². The van der Waals surface area contributed by atoms with Gasteiger partial charge in [-0.3, -0.25) is 0 Å². The van der Waals surface area contributed by atoms with Crippen molar-refractivity contribution in [3.05, 3.63) is 0 Å². The van der Waals surface area contributed by atoms with Crippen LogP contribution >= 0.6 is 0 Å². The molecule has 0 radical (unpaired) electrons. The minimum atomic E-state index is -0.223. The van der Waals surface area contributed by atoms with E-state index >= 15 is 0 Å². The van der Waals surface area contributed by atoms with E-state index in [1.165, 1.54) is 38.5 Å². The summed E-state index contributed by atoms with van der Waals surface area (Å²) < 4.78 is 5.53. The number of rotatable bonds is 4. The van der Waals surface area contributed by atoms with E-state index in [0.717, 1.165) is 25.2 Å². The van der Waals surface area contributed by atoms with E-state index in [9.17, 15) is 5.11 Å². The van der Waals surface area contributed by atoms with Crippen molar-refractivity contribution in [3.63, 3.8) is 0 Å². The first-order valence-electron chi connectivity index (χ1n) is 6.50. The van der Waals surface area contributed by atoms with Crippen LogP contribution in [0.25, 0.3) is 0 Å². The third-order valence-corrected chi connectivity index (χ3v) is 4.50. The van der Waals surface area contributed by atoms with Gasteiger partial charge >= 0.3 is 0 Å². The Kier molecular flexibility index (Phi) is 3.68. The number of aliphatic hydroxyl groups is 1. The molecule has 0 heterocycles. The first-order valence-corrected chi connectivity index (χ1v) is 6.50. The molecule has 2 nitrogen and oxygen atoms in total. The zero-order valence-electron chi connectivity index (χ0n) is 9.87. The van der Waals surface area contributed by atoms with Crippen molar-refractivity contribution in [3.8, 4) is 0 Å². The van der Waals surface area contributed by atoms with Gasteiger partial charge in [0.15, 0.2) is 0 Å². The molecule has 0 aliphatic heterocycles. The van der Waals surface area contributed by atoms with Crippen molar-refractivity contribution in [1.82, 2.24) is 0 Å². The molecule has 0 aromatic rings. The van der Waals surface area contributed by atoms with Crippen LogP contribution in [0.1, 0.15) is 57.8 Å². The quantitative estimate of drug-likeness (QED) is 0.776. The predicted octanol–water partition coefficient (Wildman–Crippen LogP) is 2.89. The van der Waals surface area contributed by atoms with Crippen LogP contribution in [0.2, 0.25) is 0 Å². The molecule has 0 amide bonds. The normalized spacial score (nSPS) is 28.4. The van der Waals surface area contributed by atoms with Crippen LogP contribution in [-0.4, -0.2) is 23.9 Å². The van der Waals surface area contributed by atoms with Gasteiger partial charge in [0.05, 0.1) is 11.7 Å². The van der Waals surface area contributed by atoms with Crippen LogP contribution in [-0.2, 0) is 4.74 Å². The van der Waals surface area contributed by atoms with Gasteiger partial charge in [-0.2, -0.15) is 0 Å². The molecule has 2 heteroatoms. The van der Waals surface area contributed by atoms with E-state index < -0.39 is 0 Å². The first-order chi connectivity index (χ1) is 7.27. The van der Waals surface area contributed by atoms with Crippen molar-refractivity contribution in [2.45, 2.75) is 69.5 Å². The maximum atomic E-state index is 10.2. The number of ether oxygens (including phenoxy) is 1. The highest BCUT2D eigenvalue weighted by molar-refractivity contribution is 4.96. The fourth-order valence-electron chi connectivity index (χ4n) is 3.15. The Morgan fingerprint density at radius 1 is 1.20 bits per heavy atom. The maximum Gasteiger partial charge on any atom is 0.0936 e. The average Bonchev–Trinajstić information content (AvgIpc) is 2.18. The maximum absolute atomic E-state index is 10.2. The molecule has 0 bridgehead atoms. The predicted molar refractivity (Wildman–Crippen MR) is 60.8 cm³/mol. The molecule has 2 fully saturated rings. The van der Waals surface area contributed by atoms with Crippen LogP contribution in [0.5, 0.6) is 0 Å². The Morgan fingerprint density at radius 3 is 2.33 bits per heavy atom. The lowest BCUT2D eigenvalue weighted by Crippen LogP contribution is -2.50. The molecule has 0 aromatic heterocycles. The largest absolute Gasteiger partial charge is 0.390 e. The zero-order chi connectivity index (χ0) is 10.7. The SMILES string of the molecule is COC1(C(O)CC2CCCCC2)CCC1. The molecular weight excluding hydrogens is 188 g/mol. The number of methoxy groups -OCH3 is 1. The highest BCUT2D eigenvalue weighted by Crippen LogP contribution is 2.41. The van der Waals surface area contributed by atoms with Crippen LogP contribution < -0.4 is 0 Å². The molecule has 2 saturated carbocycles. The Labute approximate surface area is 93.0 Å². The zero-order valence-corrected chi connectivity index (χ0v) is 9.87. The van der Waals surface area contributed by atoms with Gasteiger partial charge in [0.1, 0.15) is 0 Å². The van der Waals surface area contributed by atoms with Crippen LogP contribution in [0.4, 0.5) is 0 Å². The molecule has 2 aliphatic carbocycles. The lowest BCUT2D eigenvalue weighted by molar-refractivity contribution is -0.155. The minimum absolute atomic E-state index is 0.169. The summed E-state index contributed by atoms with van der Waals surface area (Å²) in [5.41, 5.74) is -0.169. The van der Waals surface area contributed by atoms with Gasteiger partial charge in [0.2, 0.25) is 0 Å². The second-order valence-corrected chi connectivity index (χ2v) is 5.38. The van der Waals surface area contributed by atoms with Gasteiger partial charge in [-0.1, -0.05) is 32.1 Å². The van der Waals surface area contributed by atoms with E-state index in [-0.39, 0.29) is 11.7 Å². The van der Waals surface area contributed by atoms with E-state index in [1.807, 2.05) is 0 Å². The second-order valence-electron chi connectivity index (χ2n) is 5.38. The van der Waals surface area contributed by atoms with Crippen molar-refractivity contribution in [2.24, 2.45) is 5.92 Å². The topological polar surface area (TPSA) is 29.5 Å². The summed E-state index contributed by atoms with van der Waals surface area (Å²) in [6.45, 7) is 0. The number of aliphatic hydroxyl groups excluding tert-OH is 1. The van der Waals surface area contributed by atoms with Gasteiger partial charge in [-0.05, 0) is 31.6 Å². The van der Waals surface area contributed by atoms with Crippen molar-refractivity contribution in [1.29, 1.82) is 0 Å². The second kappa shape index (κ2) is 4.84. The van der Waals surface area contributed by atoms with E-state index in [2.05, 4.69) is 0 Å². The number of hydrogen-bond donors (Lipinski definition) is 1. The van der Waals surface area contributed by atoms with Crippen molar-refractivity contribution >= 4 is 0 Å². The fourth-order valence-corrected chi connectivity index (χ4v) is 3.15. The minimum Gasteiger partial charge on any atom is -0.390 e. The van der Waals surface area contributed by atoms with Gasteiger partial charge < -0.3 is 9.84 Å². The van der Waals surface area contributed by atoms with Crippen LogP contribution in [0, 0.1) is 5.92 Å². The van der Waals surface area contributed by atoms with Gasteiger partial charge in [0, 0.05) is 7.11 Å². The third kappa shape index (κ3) is 2.36. The smallest absolute Gasteiger partial charge is 0.0936 e. The highest BCUT2D eigenvalue weighted by atomic mass is 16.5. The lowest BCUT2D eigenvalue weighted by Gasteiger charge is -2.45. The summed E-state index contributed by atoms with van der Waals surface area (Å²) in [5, 5.41) is 10.2. The van der Waals surface area contributed by atoms with E-state index in [4.69, 9.17) is 4.74 Å². The molecule has 1 unspecified atom stereocenters. The van der Waals surface area contributed by atoms with Crippen LogP contribution in [0.3, 0.4) is 0 Å². The lowest BCUT2D eigenvalue weighted by atomic mass is 9.72. The summed E-state index contributed by atoms with van der Waals surface area (Å²) >= 11 is 0. The molecule has 2 aliphatic rings. The number of hydrogen-bond acceptors (Lipinski definition) is 2. The van der Waals surface area contributed by atoms with E-state index in [1.54, 1.807) is 7.11 Å². The average molecular weight is 212 g/mol. The summed E-state index contributed by atoms with van der Waals surface area (Å²) in [5.74, 6) is 0.751. The monoisotopic (exact) mass is 212 g/mol. The Bertz CT molecular complexity index is 187. The van der Waals surface area contributed by atoms with E-state index in [0.29, 0.717) is 0 Å². The molecule has 15 heavy (non-hydrogen) atoms. The Morgan fingerprint density at radius 2 is 1.87 bits per heavy atom. The molecule has 0 saturated heterocycles. The van der Waals surface area contributed by atoms with Gasteiger partial charge in [-0.15, -0.1) is 0 Å². The fraction of sp³-hybridized carbons (Fsp3) is 1.00. The summed E-state index contributed by atoms with van der Waals surface area (Å²) in [6.07, 6.45) is 10.8. The summed E-state index contributed by atoms with van der Waals surface area (Å²) in [7, 11) is 1.75. The molecule has 1 N–H and O–H groups in total. The summed E-state index contributed by atoms with van der Waals surface area (Å²) in [6, 6.07) is 0. The standard InChI is InChI=1S/C13H24O2/c1-15-13(8-5-9-13)12(14)10-11-6-3-2-4-7-11/h11-12,14H,2-10H2,1H3. The molecule has 0 aromatic carbocycles. The highest BCUT2D eigenvalue weighted by Gasteiger charge is 2.44. The third-order valence-electron chi connectivity index (χ3n) is 4.50. The Hall–Kier alpha value is -0.0800. The molecule has 2 rings (SSSR count). The van der Waals surface area contributed by atoms with Crippen molar-refractivity contribution in [2.75, 3.05) is 7.11 Å². The molecule has 88 valence electrons. The van der Waals surface area contributed by atoms with Crippen molar-refractivity contribution < 1.29 is 9.84 Å². The molecular formula is C13H24O2. The first kappa shape index (κ1) is 11.4. The van der Waals surface area contributed by atoms with Crippen LogP contribution in [0.15, 0.2) is 0 Å². The Balaban J connectivity index is 1.82. The molecule has 1 atom stereocenters.